The predicted molar refractivity (Wildman–Crippen MR) is 117 cm³/mol. The number of aryl methyl sites for hydroxylation is 1. The second kappa shape index (κ2) is 8.93. The van der Waals surface area contributed by atoms with Crippen molar-refractivity contribution < 1.29 is 13.2 Å². The number of rotatable bonds is 8. The largest absolute Gasteiger partial charge is 0.326 e. The fourth-order valence-corrected chi connectivity index (χ4v) is 3.97. The smallest absolute Gasteiger partial charge is 0.242 e. The van der Waals surface area contributed by atoms with Gasteiger partial charge in [-0.15, -0.1) is 5.10 Å². The van der Waals surface area contributed by atoms with Crippen molar-refractivity contribution in [3.8, 4) is 0 Å². The number of nitrogens with zero attached hydrogens (tertiary/aromatic N) is 4. The third kappa shape index (κ3) is 4.85. The first-order valence-electron chi connectivity index (χ1n) is 9.84. The van der Waals surface area contributed by atoms with E-state index in [1.165, 1.54) is 25.7 Å². The van der Waals surface area contributed by atoms with Crippen molar-refractivity contribution in [1.29, 1.82) is 0 Å². The number of hydrogen-bond acceptors (Lipinski definition) is 5. The molecule has 2 aromatic carbocycles. The number of nitrogens with one attached hydrogen (secondary N) is 1. The molecule has 9 heteroatoms. The van der Waals surface area contributed by atoms with Gasteiger partial charge in [0, 0.05) is 32.7 Å². The fourth-order valence-electron chi connectivity index (χ4n) is 3.05. The van der Waals surface area contributed by atoms with E-state index in [1.54, 1.807) is 16.8 Å². The van der Waals surface area contributed by atoms with Crippen molar-refractivity contribution in [2.24, 2.45) is 0 Å². The van der Waals surface area contributed by atoms with E-state index in [1.807, 2.05) is 24.3 Å². The Labute approximate surface area is 176 Å². The van der Waals surface area contributed by atoms with Gasteiger partial charge in [-0.25, -0.2) is 17.4 Å². The molecule has 1 amide bonds. The molecule has 3 rings (SSSR count). The molecule has 0 atom stereocenters. The number of fused-ring (bicyclic) bond motifs is 1. The Kier molecular flexibility index (Phi) is 6.52. The molecule has 8 nitrogen and oxygen atoms in total. The Balaban J connectivity index is 1.59. The summed E-state index contributed by atoms with van der Waals surface area (Å²) in [5.41, 5.74) is 3.25. The van der Waals surface area contributed by atoms with Gasteiger partial charge in [0.1, 0.15) is 5.52 Å². The summed E-state index contributed by atoms with van der Waals surface area (Å²) in [5, 5.41) is 11.1. The molecule has 1 N–H and O–H groups in total. The Morgan fingerprint density at radius 2 is 1.83 bits per heavy atom. The first-order chi connectivity index (χ1) is 14.2. The summed E-state index contributed by atoms with van der Waals surface area (Å²) >= 11 is 0. The summed E-state index contributed by atoms with van der Waals surface area (Å²) in [6.07, 6.45) is 0.937. The number of anilines is 1. The van der Waals surface area contributed by atoms with E-state index in [4.69, 9.17) is 0 Å². The highest BCUT2D eigenvalue weighted by molar-refractivity contribution is 7.89. The normalized spacial score (nSPS) is 12.1. The number of hydrogen-bond donors (Lipinski definition) is 1. The molecule has 30 heavy (non-hydrogen) atoms. The summed E-state index contributed by atoms with van der Waals surface area (Å²) in [7, 11) is -0.549. The summed E-state index contributed by atoms with van der Waals surface area (Å²) in [5.74, 6) is 0.391. The van der Waals surface area contributed by atoms with E-state index in [9.17, 15) is 13.2 Å². The molecular weight excluding hydrogens is 402 g/mol. The van der Waals surface area contributed by atoms with Crippen LogP contribution in [-0.4, -0.2) is 47.7 Å². The van der Waals surface area contributed by atoms with Gasteiger partial charge in [-0.2, -0.15) is 0 Å². The molecule has 0 radical (unpaired) electrons. The molecule has 0 bridgehead atoms. The Morgan fingerprint density at radius 1 is 1.13 bits per heavy atom. The van der Waals surface area contributed by atoms with Gasteiger partial charge < -0.3 is 5.32 Å². The number of benzene rings is 2. The Morgan fingerprint density at radius 3 is 2.47 bits per heavy atom. The maximum atomic E-state index is 12.3. The molecule has 0 spiro atoms. The van der Waals surface area contributed by atoms with Gasteiger partial charge in [-0.05, 0) is 48.2 Å². The van der Waals surface area contributed by atoms with Crippen molar-refractivity contribution in [2.75, 3.05) is 19.4 Å². The molecule has 0 aliphatic carbocycles. The van der Waals surface area contributed by atoms with E-state index < -0.39 is 10.0 Å². The van der Waals surface area contributed by atoms with Gasteiger partial charge in [-0.3, -0.25) is 4.79 Å². The molecule has 3 aromatic rings. The van der Waals surface area contributed by atoms with Crippen LogP contribution in [0.3, 0.4) is 0 Å². The van der Waals surface area contributed by atoms with Gasteiger partial charge in [0.2, 0.25) is 15.9 Å². The van der Waals surface area contributed by atoms with Crippen molar-refractivity contribution in [1.82, 2.24) is 19.3 Å². The summed E-state index contributed by atoms with van der Waals surface area (Å²) in [4.78, 5) is 12.4. The molecule has 0 fully saturated rings. The second-order valence-corrected chi connectivity index (χ2v) is 9.83. The van der Waals surface area contributed by atoms with Gasteiger partial charge in [0.15, 0.2) is 0 Å². The number of amides is 1. The summed E-state index contributed by atoms with van der Waals surface area (Å²) in [6, 6.07) is 12.6. The van der Waals surface area contributed by atoms with Crippen LogP contribution in [0.4, 0.5) is 5.69 Å². The minimum Gasteiger partial charge on any atom is -0.326 e. The van der Waals surface area contributed by atoms with E-state index in [0.717, 1.165) is 15.5 Å². The monoisotopic (exact) mass is 429 g/mol. The van der Waals surface area contributed by atoms with Crippen LogP contribution in [0.5, 0.6) is 0 Å². The number of sulfonamides is 1. The number of carbonyl (C=O) groups excluding carboxylic acids is 1. The van der Waals surface area contributed by atoms with Gasteiger partial charge in [0.05, 0.1) is 10.4 Å². The van der Waals surface area contributed by atoms with Gasteiger partial charge in [-0.1, -0.05) is 31.2 Å². The second-order valence-electron chi connectivity index (χ2n) is 7.68. The van der Waals surface area contributed by atoms with Crippen molar-refractivity contribution >= 4 is 32.7 Å². The van der Waals surface area contributed by atoms with E-state index in [2.05, 4.69) is 29.5 Å². The highest BCUT2D eigenvalue weighted by Crippen LogP contribution is 2.20. The van der Waals surface area contributed by atoms with Crippen molar-refractivity contribution in [3.05, 3.63) is 48.0 Å². The quantitative estimate of drug-likeness (QED) is 0.593. The van der Waals surface area contributed by atoms with Crippen LogP contribution < -0.4 is 5.32 Å². The lowest BCUT2D eigenvalue weighted by Gasteiger charge is -2.11. The zero-order chi connectivity index (χ0) is 21.9. The maximum absolute atomic E-state index is 12.3. The lowest BCUT2D eigenvalue weighted by molar-refractivity contribution is -0.116. The zero-order valence-electron chi connectivity index (χ0n) is 17.7. The summed E-state index contributed by atoms with van der Waals surface area (Å²) < 4.78 is 27.4. The fraction of sp³-hybridized carbons (Fsp3) is 0.381. The number of aromatic nitrogens is 3. The van der Waals surface area contributed by atoms with Crippen LogP contribution >= 0.6 is 0 Å². The third-order valence-electron chi connectivity index (χ3n) is 4.90. The topological polar surface area (TPSA) is 97.2 Å². The van der Waals surface area contributed by atoms with Crippen molar-refractivity contribution in [3.63, 3.8) is 0 Å². The SMILES string of the molecule is CC(C)c1ccc(NC(=O)CCCn2nnc3cc(S(=O)(=O)N(C)C)ccc32)cc1. The molecule has 0 unspecified atom stereocenters. The van der Waals surface area contributed by atoms with E-state index in [0.29, 0.717) is 30.8 Å². The average molecular weight is 430 g/mol. The van der Waals surface area contributed by atoms with Crippen LogP contribution in [0, 0.1) is 0 Å². The highest BCUT2D eigenvalue weighted by atomic mass is 32.2. The first kappa shape index (κ1) is 21.9. The molecule has 0 aliphatic heterocycles. The average Bonchev–Trinajstić information content (AvgIpc) is 3.10. The minimum atomic E-state index is -3.52. The molecular formula is C21H27N5O3S. The highest BCUT2D eigenvalue weighted by Gasteiger charge is 2.18. The van der Waals surface area contributed by atoms with Gasteiger partial charge in [0.25, 0.3) is 0 Å². The van der Waals surface area contributed by atoms with E-state index >= 15 is 0 Å². The van der Waals surface area contributed by atoms with Crippen LogP contribution in [0.1, 0.15) is 38.2 Å². The summed E-state index contributed by atoms with van der Waals surface area (Å²) in [6.45, 7) is 4.77. The maximum Gasteiger partial charge on any atom is 0.242 e. The minimum absolute atomic E-state index is 0.0592. The number of carbonyl (C=O) groups is 1. The predicted octanol–water partition coefficient (Wildman–Crippen LogP) is 3.22. The van der Waals surface area contributed by atoms with Crippen LogP contribution in [0.2, 0.25) is 0 Å². The van der Waals surface area contributed by atoms with Crippen LogP contribution in [0.25, 0.3) is 11.0 Å². The third-order valence-corrected chi connectivity index (χ3v) is 6.71. The van der Waals surface area contributed by atoms with Crippen molar-refractivity contribution in [2.45, 2.75) is 44.0 Å². The molecule has 0 saturated heterocycles. The Bertz CT molecular complexity index is 1140. The van der Waals surface area contributed by atoms with Gasteiger partial charge >= 0.3 is 0 Å². The van der Waals surface area contributed by atoms with Crippen LogP contribution in [0.15, 0.2) is 47.4 Å². The zero-order valence-corrected chi connectivity index (χ0v) is 18.5. The standard InChI is InChI=1S/C21H27N5O3S/c1-15(2)16-7-9-17(10-8-16)22-21(27)6-5-13-26-20-12-11-18(14-19(20)23-24-26)30(28,29)25(3)4/h7-12,14-15H,5-6,13H2,1-4H3,(H,22,27). The molecule has 160 valence electrons. The molecule has 1 heterocycles. The molecule has 0 aliphatic rings. The molecule has 1 aromatic heterocycles. The lowest BCUT2D eigenvalue weighted by atomic mass is 10.0. The first-order valence-corrected chi connectivity index (χ1v) is 11.3. The molecule has 0 saturated carbocycles. The van der Waals surface area contributed by atoms with Crippen LogP contribution in [-0.2, 0) is 21.4 Å². The van der Waals surface area contributed by atoms with E-state index in [-0.39, 0.29) is 10.8 Å². The Hall–Kier alpha value is -2.78. The lowest BCUT2D eigenvalue weighted by Crippen LogP contribution is -2.22.